The monoisotopic (exact) mass is 436 g/mol. The fourth-order valence-electron chi connectivity index (χ4n) is 6.47. The van der Waals surface area contributed by atoms with Crippen molar-refractivity contribution in [1.82, 2.24) is 0 Å². The van der Waals surface area contributed by atoms with Gasteiger partial charge in [0.2, 0.25) is 5.78 Å². The Morgan fingerprint density at radius 3 is 2.66 bits per heavy atom. The van der Waals surface area contributed by atoms with Crippen LogP contribution in [-0.2, 0) is 4.79 Å². The molecule has 0 unspecified atom stereocenters. The highest BCUT2D eigenvalue weighted by atomic mass is 16.3. The number of hydrogen-bond acceptors (Lipinski definition) is 3. The molecule has 32 heavy (non-hydrogen) atoms. The molecule has 3 heteroatoms. The molecule has 3 saturated carbocycles. The molecule has 6 atom stereocenters. The van der Waals surface area contributed by atoms with Crippen molar-refractivity contribution in [1.29, 1.82) is 0 Å². The Balaban J connectivity index is 1.66. The van der Waals surface area contributed by atoms with E-state index < -0.39 is 12.2 Å². The van der Waals surface area contributed by atoms with E-state index in [1.165, 1.54) is 31.3 Å². The van der Waals surface area contributed by atoms with Gasteiger partial charge in [-0.2, -0.15) is 0 Å². The lowest BCUT2D eigenvalue weighted by molar-refractivity contribution is -0.114. The summed E-state index contributed by atoms with van der Waals surface area (Å²) in [5, 5.41) is 20.3. The first-order chi connectivity index (χ1) is 15.3. The van der Waals surface area contributed by atoms with Crippen LogP contribution in [0.5, 0.6) is 0 Å². The molecular weight excluding hydrogens is 396 g/mol. The van der Waals surface area contributed by atoms with Crippen LogP contribution in [0.2, 0.25) is 0 Å². The van der Waals surface area contributed by atoms with E-state index in [4.69, 9.17) is 0 Å². The average molecular weight is 437 g/mol. The van der Waals surface area contributed by atoms with Crippen LogP contribution in [0.1, 0.15) is 78.6 Å². The van der Waals surface area contributed by atoms with Crippen LogP contribution < -0.4 is 0 Å². The summed E-state index contributed by atoms with van der Waals surface area (Å²) in [7, 11) is 0. The van der Waals surface area contributed by atoms with E-state index in [9.17, 15) is 15.0 Å². The van der Waals surface area contributed by atoms with E-state index in [-0.39, 0.29) is 5.78 Å². The lowest BCUT2D eigenvalue weighted by Crippen LogP contribution is -2.36. The van der Waals surface area contributed by atoms with Crippen LogP contribution in [-0.4, -0.2) is 28.2 Å². The molecule has 0 amide bonds. The Bertz CT molecular complexity index is 849. The number of Topliss-reactive ketones (excluding diaryl/α,β-unsaturated/α-hetero) is 1. The van der Waals surface area contributed by atoms with Gasteiger partial charge in [0.05, 0.1) is 12.2 Å². The quantitative estimate of drug-likeness (QED) is 0.331. The summed E-state index contributed by atoms with van der Waals surface area (Å²) in [6, 6.07) is 0. The number of fused-ring (bicyclic) bond motifs is 1. The third-order valence-corrected chi connectivity index (χ3v) is 8.31. The number of carbonyl (C=O) groups is 1. The minimum atomic E-state index is -0.637. The number of allylic oxidation sites excluding steroid dienone is 5. The van der Waals surface area contributed by atoms with Gasteiger partial charge in [0.1, 0.15) is 0 Å². The summed E-state index contributed by atoms with van der Waals surface area (Å²) in [5.41, 5.74) is 3.47. The van der Waals surface area contributed by atoms with E-state index in [1.54, 1.807) is 6.08 Å². The molecule has 3 aliphatic carbocycles. The summed E-state index contributed by atoms with van der Waals surface area (Å²) in [5.74, 6) is 7.33. The Hall–Kier alpha value is -1.89. The van der Waals surface area contributed by atoms with E-state index in [2.05, 4.69) is 44.4 Å². The summed E-state index contributed by atoms with van der Waals surface area (Å²) < 4.78 is 0. The molecular formula is C29H40O3. The molecule has 0 bridgehead atoms. The second kappa shape index (κ2) is 10.8. The molecule has 2 N–H and O–H groups in total. The minimum Gasteiger partial charge on any atom is -0.388 e. The fraction of sp³-hybridized carbons (Fsp3) is 0.621. The minimum absolute atomic E-state index is 0.0463. The molecule has 0 saturated heterocycles. The zero-order valence-corrected chi connectivity index (χ0v) is 20.1. The SMILES string of the molecule is C=C1[C@H](O)CC(=C/C=C2\CCC[C@]3(C)[C@@H]([C@H](C)CCC(=O)C#C/C=C/C)CC[C@@H]23)C[C@H]1O. The summed E-state index contributed by atoms with van der Waals surface area (Å²) in [6.45, 7) is 10.5. The second-order valence-corrected chi connectivity index (χ2v) is 10.4. The Morgan fingerprint density at radius 2 is 1.97 bits per heavy atom. The number of carbonyl (C=O) groups excluding carboxylic acids is 1. The van der Waals surface area contributed by atoms with Crippen LogP contribution in [0, 0.1) is 35.0 Å². The standard InChI is InChI=1S/C29H40O3/c1-5-6-7-10-24(30)14-11-20(2)25-15-16-26-23(9-8-17-29(25,26)4)13-12-22-18-27(31)21(3)28(32)19-22/h5-6,12-13,20,25-28,31-32H,3,8-9,11,14-19H2,1-2,4H3/b6-5+,23-13+/t20-,25-,26+,27-,28-,29-/m1/s1. The third-order valence-electron chi connectivity index (χ3n) is 8.31. The van der Waals surface area contributed by atoms with Gasteiger partial charge in [-0.05, 0) is 99.0 Å². The Kier molecular flexibility index (Phi) is 8.37. The van der Waals surface area contributed by atoms with Gasteiger partial charge in [-0.15, -0.1) is 0 Å². The molecule has 0 spiro atoms. The van der Waals surface area contributed by atoms with Crippen molar-refractivity contribution in [3.05, 3.63) is 47.6 Å². The molecule has 0 aromatic heterocycles. The molecule has 3 aliphatic rings. The van der Waals surface area contributed by atoms with Crippen molar-refractivity contribution in [3.8, 4) is 11.8 Å². The van der Waals surface area contributed by atoms with Crippen LogP contribution in [0.3, 0.4) is 0 Å². The normalized spacial score (nSPS) is 34.8. The van der Waals surface area contributed by atoms with Crippen molar-refractivity contribution in [2.45, 2.75) is 90.8 Å². The second-order valence-electron chi connectivity index (χ2n) is 10.4. The zero-order chi connectivity index (χ0) is 23.3. The third kappa shape index (κ3) is 5.53. The maximum atomic E-state index is 12.1. The van der Waals surface area contributed by atoms with E-state index >= 15 is 0 Å². The van der Waals surface area contributed by atoms with Gasteiger partial charge in [0.15, 0.2) is 0 Å². The van der Waals surface area contributed by atoms with Crippen LogP contribution in [0.4, 0.5) is 0 Å². The molecule has 0 radical (unpaired) electrons. The van der Waals surface area contributed by atoms with E-state index in [0.717, 1.165) is 18.4 Å². The predicted molar refractivity (Wildman–Crippen MR) is 131 cm³/mol. The smallest absolute Gasteiger partial charge is 0.205 e. The average Bonchev–Trinajstić information content (AvgIpc) is 3.12. The lowest BCUT2D eigenvalue weighted by atomic mass is 9.60. The van der Waals surface area contributed by atoms with E-state index in [1.807, 2.05) is 13.0 Å². The van der Waals surface area contributed by atoms with Crippen molar-refractivity contribution in [2.24, 2.45) is 23.2 Å². The highest BCUT2D eigenvalue weighted by molar-refractivity contribution is 5.95. The van der Waals surface area contributed by atoms with Crippen LogP contribution in [0.15, 0.2) is 47.6 Å². The maximum absolute atomic E-state index is 12.1. The van der Waals surface area contributed by atoms with Crippen molar-refractivity contribution in [2.75, 3.05) is 0 Å². The molecule has 0 aromatic rings. The number of ketones is 1. The van der Waals surface area contributed by atoms with Gasteiger partial charge < -0.3 is 10.2 Å². The molecule has 0 heterocycles. The van der Waals surface area contributed by atoms with Crippen molar-refractivity contribution >= 4 is 5.78 Å². The van der Waals surface area contributed by atoms with Crippen molar-refractivity contribution < 1.29 is 15.0 Å². The first-order valence-electron chi connectivity index (χ1n) is 12.3. The number of rotatable bonds is 5. The molecule has 3 rings (SSSR count). The van der Waals surface area contributed by atoms with Crippen LogP contribution >= 0.6 is 0 Å². The van der Waals surface area contributed by atoms with Crippen LogP contribution in [0.25, 0.3) is 0 Å². The van der Waals surface area contributed by atoms with Gasteiger partial charge in [-0.3, -0.25) is 4.79 Å². The highest BCUT2D eigenvalue weighted by Gasteiger charge is 2.50. The topological polar surface area (TPSA) is 57.5 Å². The first kappa shape index (κ1) is 24.7. The maximum Gasteiger partial charge on any atom is 0.205 e. The summed E-state index contributed by atoms with van der Waals surface area (Å²) >= 11 is 0. The zero-order valence-electron chi connectivity index (χ0n) is 20.1. The van der Waals surface area contributed by atoms with Gasteiger partial charge in [-0.25, -0.2) is 0 Å². The highest BCUT2D eigenvalue weighted by Crippen LogP contribution is 2.59. The predicted octanol–water partition coefficient (Wildman–Crippen LogP) is 5.69. The van der Waals surface area contributed by atoms with Gasteiger partial charge in [0, 0.05) is 6.42 Å². The summed E-state index contributed by atoms with van der Waals surface area (Å²) in [6.07, 6.45) is 15.4. The number of aliphatic hydroxyl groups excluding tert-OH is 2. The largest absolute Gasteiger partial charge is 0.388 e. The fourth-order valence-corrected chi connectivity index (χ4v) is 6.47. The lowest BCUT2D eigenvalue weighted by Gasteiger charge is -2.44. The molecule has 174 valence electrons. The molecule has 0 aliphatic heterocycles. The number of aliphatic hydroxyl groups is 2. The van der Waals surface area contributed by atoms with Gasteiger partial charge in [-0.1, -0.05) is 55.7 Å². The van der Waals surface area contributed by atoms with Gasteiger partial charge >= 0.3 is 0 Å². The first-order valence-corrected chi connectivity index (χ1v) is 12.3. The van der Waals surface area contributed by atoms with E-state index in [0.29, 0.717) is 48.0 Å². The molecule has 3 nitrogen and oxygen atoms in total. The number of hydrogen-bond donors (Lipinski definition) is 2. The summed E-state index contributed by atoms with van der Waals surface area (Å²) in [4.78, 5) is 12.1. The molecule has 0 aromatic carbocycles. The van der Waals surface area contributed by atoms with Gasteiger partial charge in [0.25, 0.3) is 0 Å². The Morgan fingerprint density at radius 1 is 1.25 bits per heavy atom. The Labute approximate surface area is 194 Å². The van der Waals surface area contributed by atoms with Crippen molar-refractivity contribution in [3.63, 3.8) is 0 Å². The molecule has 3 fully saturated rings.